The van der Waals surface area contributed by atoms with Crippen molar-refractivity contribution in [1.82, 2.24) is 4.90 Å². The molecular weight excluding hydrogens is 262 g/mol. The smallest absolute Gasteiger partial charge is 0.138 e. The number of rotatable bonds is 4. The van der Waals surface area contributed by atoms with Crippen LogP contribution in [0.4, 0.5) is 0 Å². The summed E-state index contributed by atoms with van der Waals surface area (Å²) in [5.41, 5.74) is 1.04. The second-order valence-electron chi connectivity index (χ2n) is 4.98. The Labute approximate surface area is 119 Å². The van der Waals surface area contributed by atoms with Gasteiger partial charge in [-0.25, -0.2) is 0 Å². The van der Waals surface area contributed by atoms with Crippen molar-refractivity contribution >= 4 is 17.4 Å². The minimum absolute atomic E-state index is 0.0737. The summed E-state index contributed by atoms with van der Waals surface area (Å²) in [5, 5.41) is 0.703. The van der Waals surface area contributed by atoms with Gasteiger partial charge in [0.1, 0.15) is 5.78 Å². The van der Waals surface area contributed by atoms with Gasteiger partial charge in [0.25, 0.3) is 0 Å². The zero-order valence-electron chi connectivity index (χ0n) is 11.3. The van der Waals surface area contributed by atoms with Gasteiger partial charge in [-0.1, -0.05) is 23.7 Å². The van der Waals surface area contributed by atoms with E-state index in [0.717, 1.165) is 44.8 Å². The van der Waals surface area contributed by atoms with Gasteiger partial charge >= 0.3 is 0 Å². The summed E-state index contributed by atoms with van der Waals surface area (Å²) in [6.45, 7) is 5.90. The van der Waals surface area contributed by atoms with Gasteiger partial charge in [-0.2, -0.15) is 0 Å². The van der Waals surface area contributed by atoms with Gasteiger partial charge in [0.15, 0.2) is 0 Å². The first-order valence-corrected chi connectivity index (χ1v) is 7.10. The Balaban J connectivity index is 2.07. The molecule has 0 amide bonds. The van der Waals surface area contributed by atoms with Crippen LogP contribution in [0.1, 0.15) is 24.8 Å². The molecule has 1 heterocycles. The average molecular weight is 282 g/mol. The molecule has 1 atom stereocenters. The third-order valence-electron chi connectivity index (χ3n) is 3.52. The number of ketones is 1. The molecule has 0 spiro atoms. The minimum atomic E-state index is -0.0737. The molecule has 0 unspecified atom stereocenters. The molecule has 1 aromatic rings. The van der Waals surface area contributed by atoms with Gasteiger partial charge in [-0.3, -0.25) is 9.69 Å². The fourth-order valence-corrected chi connectivity index (χ4v) is 2.53. The number of nitrogens with zero attached hydrogens (tertiary/aromatic N) is 1. The summed E-state index contributed by atoms with van der Waals surface area (Å²) in [6, 6.07) is 7.59. The van der Waals surface area contributed by atoms with Crippen molar-refractivity contribution in [3.63, 3.8) is 0 Å². The molecule has 3 nitrogen and oxygen atoms in total. The lowest BCUT2D eigenvalue weighted by atomic mass is 9.95. The third-order valence-corrected chi connectivity index (χ3v) is 3.77. The zero-order chi connectivity index (χ0) is 13.7. The van der Waals surface area contributed by atoms with E-state index < -0.39 is 0 Å². The van der Waals surface area contributed by atoms with Crippen LogP contribution in [0.25, 0.3) is 0 Å². The lowest BCUT2D eigenvalue weighted by molar-refractivity contribution is -0.118. The highest BCUT2D eigenvalue weighted by molar-refractivity contribution is 6.30. The molecule has 19 heavy (non-hydrogen) atoms. The van der Waals surface area contributed by atoms with Crippen LogP contribution < -0.4 is 0 Å². The first-order valence-electron chi connectivity index (χ1n) is 6.73. The number of hydrogen-bond acceptors (Lipinski definition) is 3. The second-order valence-corrected chi connectivity index (χ2v) is 5.42. The molecule has 0 aromatic heterocycles. The lowest BCUT2D eigenvalue weighted by Gasteiger charge is -2.24. The maximum atomic E-state index is 11.9. The summed E-state index contributed by atoms with van der Waals surface area (Å²) in [6.07, 6.45) is 1.03. The van der Waals surface area contributed by atoms with Crippen molar-refractivity contribution in [3.8, 4) is 0 Å². The largest absolute Gasteiger partial charge is 0.380 e. The number of hydrogen-bond donors (Lipinski definition) is 0. The minimum Gasteiger partial charge on any atom is -0.380 e. The van der Waals surface area contributed by atoms with Gasteiger partial charge in [0.2, 0.25) is 0 Å². The van der Waals surface area contributed by atoms with Crippen molar-refractivity contribution in [1.29, 1.82) is 0 Å². The monoisotopic (exact) mass is 281 g/mol. The SMILES string of the molecule is CC(=O)[C@H](CN1CCCOCC1)c1ccc(Cl)cc1. The molecule has 0 saturated carbocycles. The topological polar surface area (TPSA) is 29.5 Å². The Morgan fingerprint density at radius 2 is 2.05 bits per heavy atom. The van der Waals surface area contributed by atoms with Crippen LogP contribution in [-0.4, -0.2) is 43.5 Å². The van der Waals surface area contributed by atoms with E-state index in [1.165, 1.54) is 0 Å². The zero-order valence-corrected chi connectivity index (χ0v) is 12.0. The maximum absolute atomic E-state index is 11.9. The number of carbonyl (C=O) groups is 1. The second kappa shape index (κ2) is 7.04. The Morgan fingerprint density at radius 3 is 2.74 bits per heavy atom. The van der Waals surface area contributed by atoms with Crippen LogP contribution in [-0.2, 0) is 9.53 Å². The molecule has 1 saturated heterocycles. The van der Waals surface area contributed by atoms with Gasteiger partial charge < -0.3 is 4.74 Å². The molecule has 1 aliphatic rings. The van der Waals surface area contributed by atoms with Crippen molar-refractivity contribution in [2.24, 2.45) is 0 Å². The highest BCUT2D eigenvalue weighted by Gasteiger charge is 2.21. The number of Topliss-reactive ketones (excluding diaryl/α,β-unsaturated/α-hetero) is 1. The van der Waals surface area contributed by atoms with Gasteiger partial charge in [-0.05, 0) is 31.0 Å². The highest BCUT2D eigenvalue weighted by atomic mass is 35.5. The van der Waals surface area contributed by atoms with Crippen LogP contribution in [0.3, 0.4) is 0 Å². The Morgan fingerprint density at radius 1 is 1.32 bits per heavy atom. The van der Waals surface area contributed by atoms with Gasteiger partial charge in [-0.15, -0.1) is 0 Å². The van der Waals surface area contributed by atoms with Gasteiger partial charge in [0, 0.05) is 31.3 Å². The molecule has 104 valence electrons. The van der Waals surface area contributed by atoms with E-state index in [2.05, 4.69) is 4.90 Å². The van der Waals surface area contributed by atoms with E-state index in [9.17, 15) is 4.79 Å². The van der Waals surface area contributed by atoms with Crippen LogP contribution in [0.5, 0.6) is 0 Å². The summed E-state index contributed by atoms with van der Waals surface area (Å²) in [4.78, 5) is 14.2. The van der Waals surface area contributed by atoms with Gasteiger partial charge in [0.05, 0.1) is 12.5 Å². The standard InChI is InChI=1S/C15H20ClNO2/c1-12(18)15(13-3-5-14(16)6-4-13)11-17-7-2-9-19-10-8-17/h3-6,15H,2,7-11H2,1H3/t15-/m0/s1. The van der Waals surface area contributed by atoms with E-state index in [-0.39, 0.29) is 11.7 Å². The van der Waals surface area contributed by atoms with Crippen LogP contribution in [0, 0.1) is 0 Å². The van der Waals surface area contributed by atoms with Crippen LogP contribution >= 0.6 is 11.6 Å². The highest BCUT2D eigenvalue weighted by Crippen LogP contribution is 2.21. The lowest BCUT2D eigenvalue weighted by Crippen LogP contribution is -2.33. The summed E-state index contributed by atoms with van der Waals surface area (Å²) in [7, 11) is 0. The summed E-state index contributed by atoms with van der Waals surface area (Å²) in [5.74, 6) is 0.128. The number of ether oxygens (including phenoxy) is 1. The third kappa shape index (κ3) is 4.30. The van der Waals surface area contributed by atoms with Crippen molar-refractivity contribution in [3.05, 3.63) is 34.9 Å². The maximum Gasteiger partial charge on any atom is 0.138 e. The Bertz CT molecular complexity index is 411. The molecule has 1 aromatic carbocycles. The van der Waals surface area contributed by atoms with E-state index in [4.69, 9.17) is 16.3 Å². The van der Waals surface area contributed by atoms with Crippen LogP contribution in [0.15, 0.2) is 24.3 Å². The first-order chi connectivity index (χ1) is 9.16. The average Bonchev–Trinajstić information content (AvgIpc) is 2.65. The molecule has 0 aliphatic carbocycles. The predicted molar refractivity (Wildman–Crippen MR) is 76.8 cm³/mol. The quantitative estimate of drug-likeness (QED) is 0.850. The Hall–Kier alpha value is -0.900. The molecule has 2 rings (SSSR count). The summed E-state index contributed by atoms with van der Waals surface area (Å²) >= 11 is 5.90. The van der Waals surface area contributed by atoms with E-state index in [1.54, 1.807) is 6.92 Å². The summed E-state index contributed by atoms with van der Waals surface area (Å²) < 4.78 is 5.44. The van der Waals surface area contributed by atoms with Crippen LogP contribution in [0.2, 0.25) is 5.02 Å². The Kier molecular flexibility index (Phi) is 5.37. The van der Waals surface area contributed by atoms with Crippen molar-refractivity contribution < 1.29 is 9.53 Å². The number of halogens is 1. The van der Waals surface area contributed by atoms with E-state index in [0.29, 0.717) is 5.02 Å². The molecule has 1 fully saturated rings. The van der Waals surface area contributed by atoms with Crippen molar-refractivity contribution in [2.75, 3.05) is 32.8 Å². The molecule has 0 N–H and O–H groups in total. The fraction of sp³-hybridized carbons (Fsp3) is 0.533. The molecule has 4 heteroatoms. The molecule has 0 bridgehead atoms. The van der Waals surface area contributed by atoms with E-state index in [1.807, 2.05) is 24.3 Å². The number of carbonyl (C=O) groups excluding carboxylic acids is 1. The normalized spacial score (nSPS) is 18.8. The predicted octanol–water partition coefficient (Wildman–Crippen LogP) is 2.73. The molecule has 0 radical (unpaired) electrons. The molecule has 1 aliphatic heterocycles. The van der Waals surface area contributed by atoms with E-state index >= 15 is 0 Å². The first kappa shape index (κ1) is 14.5. The fourth-order valence-electron chi connectivity index (χ4n) is 2.40. The van der Waals surface area contributed by atoms with Crippen molar-refractivity contribution in [2.45, 2.75) is 19.3 Å². The molecular formula is C15H20ClNO2. The number of benzene rings is 1.